The standard InChI is InChI=1S/C20H21BrFN3O3/c21-17-3-1-2-4-18(17)28-14-20(27)25-11-9-24(10-12-25)13-19(26)23-16-7-5-15(22)6-8-16/h1-8H,9-14H2,(H,23,26). The summed E-state index contributed by atoms with van der Waals surface area (Å²) in [5.41, 5.74) is 0.560. The number of hydrogen-bond donors (Lipinski definition) is 1. The molecule has 2 aromatic carbocycles. The van der Waals surface area contributed by atoms with Gasteiger partial charge in [-0.1, -0.05) is 12.1 Å². The number of amides is 2. The third-order valence-electron chi connectivity index (χ3n) is 4.41. The quantitative estimate of drug-likeness (QED) is 0.736. The third kappa shape index (κ3) is 5.77. The topological polar surface area (TPSA) is 61.9 Å². The fourth-order valence-corrected chi connectivity index (χ4v) is 3.28. The minimum Gasteiger partial charge on any atom is -0.483 e. The van der Waals surface area contributed by atoms with E-state index in [-0.39, 0.29) is 30.8 Å². The van der Waals surface area contributed by atoms with Gasteiger partial charge in [0, 0.05) is 31.9 Å². The van der Waals surface area contributed by atoms with Crippen molar-refractivity contribution < 1.29 is 18.7 Å². The summed E-state index contributed by atoms with van der Waals surface area (Å²) in [4.78, 5) is 28.2. The number of carbonyl (C=O) groups excluding carboxylic acids is 2. The van der Waals surface area contributed by atoms with E-state index in [2.05, 4.69) is 21.2 Å². The summed E-state index contributed by atoms with van der Waals surface area (Å²) in [6, 6.07) is 13.0. The lowest BCUT2D eigenvalue weighted by Crippen LogP contribution is -2.51. The summed E-state index contributed by atoms with van der Waals surface area (Å²) >= 11 is 3.39. The molecule has 1 N–H and O–H groups in total. The minimum atomic E-state index is -0.345. The summed E-state index contributed by atoms with van der Waals surface area (Å²) in [7, 11) is 0. The molecule has 0 aliphatic carbocycles. The van der Waals surface area contributed by atoms with E-state index in [1.54, 1.807) is 11.0 Å². The van der Waals surface area contributed by atoms with Gasteiger partial charge in [0.15, 0.2) is 6.61 Å². The summed E-state index contributed by atoms with van der Waals surface area (Å²) in [5, 5.41) is 2.74. The predicted molar refractivity (Wildman–Crippen MR) is 108 cm³/mol. The smallest absolute Gasteiger partial charge is 0.260 e. The summed E-state index contributed by atoms with van der Waals surface area (Å²) in [6.45, 7) is 2.51. The Kier molecular flexibility index (Phi) is 7.00. The Balaban J connectivity index is 1.40. The van der Waals surface area contributed by atoms with Crippen molar-refractivity contribution in [3.05, 3.63) is 58.8 Å². The maximum absolute atomic E-state index is 12.9. The van der Waals surface area contributed by atoms with Crippen LogP contribution in [-0.4, -0.2) is 60.9 Å². The van der Waals surface area contributed by atoms with Crippen molar-refractivity contribution in [3.63, 3.8) is 0 Å². The molecule has 1 saturated heterocycles. The molecule has 0 radical (unpaired) electrons. The van der Waals surface area contributed by atoms with Gasteiger partial charge < -0.3 is 15.0 Å². The Morgan fingerprint density at radius 3 is 2.39 bits per heavy atom. The second-order valence-corrected chi connectivity index (χ2v) is 7.29. The molecule has 2 amide bonds. The zero-order valence-corrected chi connectivity index (χ0v) is 16.8. The monoisotopic (exact) mass is 449 g/mol. The number of anilines is 1. The van der Waals surface area contributed by atoms with E-state index in [9.17, 15) is 14.0 Å². The fourth-order valence-electron chi connectivity index (χ4n) is 2.88. The van der Waals surface area contributed by atoms with Gasteiger partial charge in [0.2, 0.25) is 5.91 Å². The van der Waals surface area contributed by atoms with Gasteiger partial charge in [-0.25, -0.2) is 4.39 Å². The molecule has 8 heteroatoms. The van der Waals surface area contributed by atoms with Crippen molar-refractivity contribution in [2.75, 3.05) is 44.6 Å². The Labute approximate surface area is 171 Å². The van der Waals surface area contributed by atoms with Crippen LogP contribution < -0.4 is 10.1 Å². The lowest BCUT2D eigenvalue weighted by Gasteiger charge is -2.34. The predicted octanol–water partition coefficient (Wildman–Crippen LogP) is 2.75. The molecule has 1 aliphatic heterocycles. The van der Waals surface area contributed by atoms with E-state index in [4.69, 9.17) is 4.74 Å². The molecule has 1 aliphatic rings. The minimum absolute atomic E-state index is 0.0202. The van der Waals surface area contributed by atoms with Gasteiger partial charge in [-0.15, -0.1) is 0 Å². The molecule has 6 nitrogen and oxygen atoms in total. The van der Waals surface area contributed by atoms with Gasteiger partial charge in [0.25, 0.3) is 5.91 Å². The molecule has 28 heavy (non-hydrogen) atoms. The number of hydrogen-bond acceptors (Lipinski definition) is 4. The molecule has 1 heterocycles. The van der Waals surface area contributed by atoms with Crippen LogP contribution in [0.1, 0.15) is 0 Å². The number of para-hydroxylation sites is 1. The second-order valence-electron chi connectivity index (χ2n) is 6.43. The Morgan fingerprint density at radius 2 is 1.71 bits per heavy atom. The normalized spacial score (nSPS) is 14.6. The van der Waals surface area contributed by atoms with Crippen LogP contribution in [0.5, 0.6) is 5.75 Å². The number of ether oxygens (including phenoxy) is 1. The number of rotatable bonds is 6. The highest BCUT2D eigenvalue weighted by atomic mass is 79.9. The highest BCUT2D eigenvalue weighted by molar-refractivity contribution is 9.10. The zero-order valence-electron chi connectivity index (χ0n) is 15.2. The van der Waals surface area contributed by atoms with Crippen LogP contribution in [0.15, 0.2) is 53.0 Å². The van der Waals surface area contributed by atoms with E-state index < -0.39 is 0 Å². The highest BCUT2D eigenvalue weighted by Gasteiger charge is 2.23. The average molecular weight is 450 g/mol. The summed E-state index contributed by atoms with van der Waals surface area (Å²) in [6.07, 6.45) is 0. The summed E-state index contributed by atoms with van der Waals surface area (Å²) < 4.78 is 19.3. The first-order valence-electron chi connectivity index (χ1n) is 8.94. The van der Waals surface area contributed by atoms with Crippen LogP contribution >= 0.6 is 15.9 Å². The van der Waals surface area contributed by atoms with Gasteiger partial charge in [-0.3, -0.25) is 14.5 Å². The molecule has 3 rings (SSSR count). The number of nitrogens with one attached hydrogen (secondary N) is 1. The van der Waals surface area contributed by atoms with Crippen molar-refractivity contribution in [3.8, 4) is 5.75 Å². The second kappa shape index (κ2) is 9.66. The number of piperazine rings is 1. The number of halogens is 2. The van der Waals surface area contributed by atoms with Crippen LogP contribution in [0.25, 0.3) is 0 Å². The molecule has 0 saturated carbocycles. The molecule has 0 aromatic heterocycles. The summed E-state index contributed by atoms with van der Waals surface area (Å²) in [5.74, 6) is 0.0455. The van der Waals surface area contributed by atoms with Gasteiger partial charge in [0.05, 0.1) is 11.0 Å². The number of benzene rings is 2. The Hall–Kier alpha value is -2.45. The molecule has 0 spiro atoms. The van der Waals surface area contributed by atoms with Crippen molar-refractivity contribution in [2.45, 2.75) is 0 Å². The van der Waals surface area contributed by atoms with Crippen molar-refractivity contribution in [1.82, 2.24) is 9.80 Å². The first-order chi connectivity index (χ1) is 13.5. The largest absolute Gasteiger partial charge is 0.483 e. The fraction of sp³-hybridized carbons (Fsp3) is 0.300. The molecule has 1 fully saturated rings. The van der Waals surface area contributed by atoms with Crippen LogP contribution in [0, 0.1) is 5.82 Å². The van der Waals surface area contributed by atoms with E-state index in [0.717, 1.165) is 4.47 Å². The first kappa shape index (κ1) is 20.3. The van der Waals surface area contributed by atoms with Gasteiger partial charge in [-0.2, -0.15) is 0 Å². The van der Waals surface area contributed by atoms with Crippen LogP contribution in [0.3, 0.4) is 0 Å². The van der Waals surface area contributed by atoms with Gasteiger partial charge >= 0.3 is 0 Å². The number of carbonyl (C=O) groups is 2. The van der Waals surface area contributed by atoms with E-state index >= 15 is 0 Å². The molecular formula is C20H21BrFN3O3. The van der Waals surface area contributed by atoms with Crippen LogP contribution in [0.4, 0.5) is 10.1 Å². The third-order valence-corrected chi connectivity index (χ3v) is 5.06. The first-order valence-corrected chi connectivity index (χ1v) is 9.73. The van der Waals surface area contributed by atoms with E-state index in [1.807, 2.05) is 23.1 Å². The van der Waals surface area contributed by atoms with Gasteiger partial charge in [0.1, 0.15) is 11.6 Å². The Bertz CT molecular complexity index is 824. The average Bonchev–Trinajstić information content (AvgIpc) is 2.69. The highest BCUT2D eigenvalue weighted by Crippen LogP contribution is 2.23. The van der Waals surface area contributed by atoms with Crippen molar-refractivity contribution in [1.29, 1.82) is 0 Å². The lowest BCUT2D eigenvalue weighted by atomic mass is 10.3. The molecular weight excluding hydrogens is 429 g/mol. The number of nitrogens with zero attached hydrogens (tertiary/aromatic N) is 2. The maximum Gasteiger partial charge on any atom is 0.260 e. The van der Waals surface area contributed by atoms with Gasteiger partial charge in [-0.05, 0) is 52.3 Å². The molecule has 148 valence electrons. The SMILES string of the molecule is O=C(CN1CCN(C(=O)COc2ccccc2Br)CC1)Nc1ccc(F)cc1. The maximum atomic E-state index is 12.9. The van der Waals surface area contributed by atoms with Crippen molar-refractivity contribution >= 4 is 33.4 Å². The van der Waals surface area contributed by atoms with Crippen molar-refractivity contribution in [2.24, 2.45) is 0 Å². The molecule has 2 aromatic rings. The molecule has 0 unspecified atom stereocenters. The lowest BCUT2D eigenvalue weighted by molar-refractivity contribution is -0.135. The zero-order chi connectivity index (χ0) is 19.9. The van der Waals surface area contributed by atoms with Crippen LogP contribution in [0.2, 0.25) is 0 Å². The molecule has 0 bridgehead atoms. The Morgan fingerprint density at radius 1 is 1.04 bits per heavy atom. The van der Waals surface area contributed by atoms with E-state index in [0.29, 0.717) is 37.6 Å². The molecule has 0 atom stereocenters. The van der Waals surface area contributed by atoms with Crippen LogP contribution in [-0.2, 0) is 9.59 Å². The van der Waals surface area contributed by atoms with E-state index in [1.165, 1.54) is 24.3 Å².